The molecule has 0 radical (unpaired) electrons. The van der Waals surface area contributed by atoms with Crippen LogP contribution >= 0.6 is 11.3 Å². The molecule has 7 heteroatoms. The maximum absolute atomic E-state index is 11.1. The lowest BCUT2D eigenvalue weighted by molar-refractivity contribution is 0.600. The van der Waals surface area contributed by atoms with E-state index in [4.69, 9.17) is 0 Å². The molecule has 1 aromatic heterocycles. The lowest BCUT2D eigenvalue weighted by Crippen LogP contribution is -2.39. The van der Waals surface area contributed by atoms with Crippen molar-refractivity contribution in [2.24, 2.45) is 4.99 Å². The minimum atomic E-state index is -2.95. The standard InChI is InChI=1S/C13H23N3O2S2/c1-4-14-13(15-6-8-20(3,17)18)16-9-11(2)12-5-7-19-10-12/h5,7,10-11H,4,6,8-9H2,1-3H3,(H2,14,15,16). The Morgan fingerprint density at radius 3 is 2.75 bits per heavy atom. The Morgan fingerprint density at radius 1 is 1.45 bits per heavy atom. The molecule has 0 aromatic carbocycles. The van der Waals surface area contributed by atoms with Crippen molar-refractivity contribution in [2.75, 3.05) is 31.6 Å². The summed E-state index contributed by atoms with van der Waals surface area (Å²) in [6.45, 7) is 5.90. The molecule has 5 nitrogen and oxygen atoms in total. The summed E-state index contributed by atoms with van der Waals surface area (Å²) in [6, 6.07) is 2.11. The van der Waals surface area contributed by atoms with Gasteiger partial charge in [-0.2, -0.15) is 11.3 Å². The normalized spacial score (nSPS) is 14.1. The molecule has 0 saturated carbocycles. The lowest BCUT2D eigenvalue weighted by atomic mass is 10.1. The molecule has 1 unspecified atom stereocenters. The zero-order valence-electron chi connectivity index (χ0n) is 12.2. The van der Waals surface area contributed by atoms with Crippen LogP contribution in [-0.4, -0.2) is 46.0 Å². The van der Waals surface area contributed by atoms with Gasteiger partial charge in [0.2, 0.25) is 0 Å². The third-order valence-electron chi connectivity index (χ3n) is 2.75. The van der Waals surface area contributed by atoms with Crippen LogP contribution in [0.3, 0.4) is 0 Å². The van der Waals surface area contributed by atoms with E-state index in [1.165, 1.54) is 11.8 Å². The van der Waals surface area contributed by atoms with Crippen molar-refractivity contribution in [1.29, 1.82) is 0 Å². The predicted molar refractivity (Wildman–Crippen MR) is 86.4 cm³/mol. The van der Waals surface area contributed by atoms with Crippen LogP contribution in [-0.2, 0) is 9.84 Å². The second kappa shape index (κ2) is 8.26. The largest absolute Gasteiger partial charge is 0.357 e. The van der Waals surface area contributed by atoms with Gasteiger partial charge in [-0.3, -0.25) is 4.99 Å². The molecular weight excluding hydrogens is 294 g/mol. The van der Waals surface area contributed by atoms with Crippen molar-refractivity contribution in [1.82, 2.24) is 10.6 Å². The Kier molecular flexibility index (Phi) is 7.01. The molecule has 1 aromatic rings. The highest BCUT2D eigenvalue weighted by molar-refractivity contribution is 7.90. The maximum Gasteiger partial charge on any atom is 0.191 e. The van der Waals surface area contributed by atoms with E-state index < -0.39 is 9.84 Å². The number of sulfone groups is 1. The van der Waals surface area contributed by atoms with Crippen molar-refractivity contribution >= 4 is 27.1 Å². The van der Waals surface area contributed by atoms with E-state index in [1.54, 1.807) is 11.3 Å². The van der Waals surface area contributed by atoms with Crippen LogP contribution in [0.2, 0.25) is 0 Å². The highest BCUT2D eigenvalue weighted by Gasteiger charge is 2.07. The van der Waals surface area contributed by atoms with Gasteiger partial charge in [-0.15, -0.1) is 0 Å². The van der Waals surface area contributed by atoms with Gasteiger partial charge in [0.15, 0.2) is 5.96 Å². The first-order chi connectivity index (χ1) is 9.42. The molecule has 1 heterocycles. The van der Waals surface area contributed by atoms with Crippen LogP contribution in [0.1, 0.15) is 25.3 Å². The minimum Gasteiger partial charge on any atom is -0.357 e. The number of nitrogens with one attached hydrogen (secondary N) is 2. The van der Waals surface area contributed by atoms with E-state index in [1.807, 2.05) is 6.92 Å². The molecule has 1 rings (SSSR count). The second-order valence-electron chi connectivity index (χ2n) is 4.73. The molecular formula is C13H23N3O2S2. The molecule has 1 atom stereocenters. The van der Waals surface area contributed by atoms with Crippen molar-refractivity contribution in [3.05, 3.63) is 22.4 Å². The summed E-state index contributed by atoms with van der Waals surface area (Å²) in [5, 5.41) is 10.3. The van der Waals surface area contributed by atoms with Crippen molar-refractivity contribution in [3.63, 3.8) is 0 Å². The zero-order valence-corrected chi connectivity index (χ0v) is 13.9. The predicted octanol–water partition coefficient (Wildman–Crippen LogP) is 1.45. The molecule has 2 N–H and O–H groups in total. The fourth-order valence-electron chi connectivity index (χ4n) is 1.59. The van der Waals surface area contributed by atoms with E-state index in [9.17, 15) is 8.42 Å². The van der Waals surface area contributed by atoms with Crippen LogP contribution in [0.5, 0.6) is 0 Å². The summed E-state index contributed by atoms with van der Waals surface area (Å²) >= 11 is 1.68. The third-order valence-corrected chi connectivity index (χ3v) is 4.39. The monoisotopic (exact) mass is 317 g/mol. The van der Waals surface area contributed by atoms with Gasteiger partial charge in [0.25, 0.3) is 0 Å². The van der Waals surface area contributed by atoms with Gasteiger partial charge < -0.3 is 10.6 Å². The molecule has 0 saturated heterocycles. The number of thiophene rings is 1. The average Bonchev–Trinajstić information content (AvgIpc) is 2.88. The molecule has 20 heavy (non-hydrogen) atoms. The Morgan fingerprint density at radius 2 is 2.20 bits per heavy atom. The third kappa shape index (κ3) is 6.91. The first-order valence-electron chi connectivity index (χ1n) is 6.64. The van der Waals surface area contributed by atoms with Crippen molar-refractivity contribution in [2.45, 2.75) is 19.8 Å². The molecule has 0 spiro atoms. The number of nitrogens with zero attached hydrogens (tertiary/aromatic N) is 1. The average molecular weight is 317 g/mol. The summed E-state index contributed by atoms with van der Waals surface area (Å²) < 4.78 is 22.2. The lowest BCUT2D eigenvalue weighted by Gasteiger charge is -2.12. The summed E-state index contributed by atoms with van der Waals surface area (Å²) in [7, 11) is -2.95. The molecule has 0 amide bonds. The molecule has 0 fully saturated rings. The minimum absolute atomic E-state index is 0.109. The Labute approximate surface area is 125 Å². The van der Waals surface area contributed by atoms with Crippen molar-refractivity contribution in [3.8, 4) is 0 Å². The Hall–Kier alpha value is -1.08. The van der Waals surface area contributed by atoms with Crippen LogP contribution in [0, 0.1) is 0 Å². The first-order valence-corrected chi connectivity index (χ1v) is 9.64. The quantitative estimate of drug-likeness (QED) is 0.590. The Balaban J connectivity index is 2.49. The topological polar surface area (TPSA) is 70.6 Å². The Bertz CT molecular complexity index is 510. The van der Waals surface area contributed by atoms with Gasteiger partial charge in [-0.1, -0.05) is 6.92 Å². The molecule has 0 aliphatic carbocycles. The number of hydrogen-bond acceptors (Lipinski definition) is 4. The first kappa shape index (κ1) is 17.0. The number of rotatable bonds is 7. The van der Waals surface area contributed by atoms with E-state index in [0.717, 1.165) is 6.54 Å². The number of aliphatic imine (C=N–C) groups is 1. The van der Waals surface area contributed by atoms with Gasteiger partial charge in [0.05, 0.1) is 5.75 Å². The smallest absolute Gasteiger partial charge is 0.191 e. The molecule has 0 aliphatic rings. The van der Waals surface area contributed by atoms with E-state index in [-0.39, 0.29) is 5.75 Å². The fraction of sp³-hybridized carbons (Fsp3) is 0.615. The van der Waals surface area contributed by atoms with Crippen LogP contribution < -0.4 is 10.6 Å². The van der Waals surface area contributed by atoms with Gasteiger partial charge in [-0.25, -0.2) is 8.42 Å². The highest BCUT2D eigenvalue weighted by atomic mass is 32.2. The fourth-order valence-corrected chi connectivity index (χ4v) is 2.84. The van der Waals surface area contributed by atoms with E-state index in [2.05, 4.69) is 39.4 Å². The van der Waals surface area contributed by atoms with Crippen LogP contribution in [0.25, 0.3) is 0 Å². The number of hydrogen-bond donors (Lipinski definition) is 2. The summed E-state index contributed by atoms with van der Waals surface area (Å²) in [5.74, 6) is 1.13. The van der Waals surface area contributed by atoms with Gasteiger partial charge >= 0.3 is 0 Å². The van der Waals surface area contributed by atoms with Crippen LogP contribution in [0.15, 0.2) is 21.8 Å². The zero-order chi connectivity index (χ0) is 15.0. The maximum atomic E-state index is 11.1. The molecule has 0 aliphatic heterocycles. The summed E-state index contributed by atoms with van der Waals surface area (Å²) in [5.41, 5.74) is 1.28. The number of guanidine groups is 1. The molecule has 114 valence electrons. The van der Waals surface area contributed by atoms with E-state index >= 15 is 0 Å². The van der Waals surface area contributed by atoms with E-state index in [0.29, 0.717) is 25.0 Å². The van der Waals surface area contributed by atoms with Crippen molar-refractivity contribution < 1.29 is 8.42 Å². The second-order valence-corrected chi connectivity index (χ2v) is 7.77. The molecule has 0 bridgehead atoms. The highest BCUT2D eigenvalue weighted by Crippen LogP contribution is 2.18. The van der Waals surface area contributed by atoms with Gasteiger partial charge in [0.1, 0.15) is 9.84 Å². The van der Waals surface area contributed by atoms with Crippen LogP contribution in [0.4, 0.5) is 0 Å². The SMILES string of the molecule is CCNC(=NCC(C)c1ccsc1)NCCS(C)(=O)=O. The summed E-state index contributed by atoms with van der Waals surface area (Å²) in [6.07, 6.45) is 1.23. The van der Waals surface area contributed by atoms with Gasteiger partial charge in [-0.05, 0) is 29.3 Å². The van der Waals surface area contributed by atoms with Gasteiger partial charge in [0, 0.05) is 31.8 Å². The summed E-state index contributed by atoms with van der Waals surface area (Å²) in [4.78, 5) is 4.49.